The smallest absolute Gasteiger partial charge is 0.187 e. The zero-order chi connectivity index (χ0) is 46.5. The van der Waals surface area contributed by atoms with Crippen LogP contribution in [0.15, 0.2) is 12.2 Å². The average molecular weight is 913 g/mol. The number of hydrogen-bond acceptors (Lipinski definition) is 17. The molecule has 25 atom stereocenters. The van der Waals surface area contributed by atoms with Gasteiger partial charge >= 0.3 is 0 Å². The van der Waals surface area contributed by atoms with Crippen LogP contribution in [-0.4, -0.2) is 181 Å². The first-order valence-corrected chi connectivity index (χ1v) is 23.8. The van der Waals surface area contributed by atoms with Gasteiger partial charge in [0.05, 0.1) is 49.8 Å². The van der Waals surface area contributed by atoms with Crippen LogP contribution in [0.1, 0.15) is 100 Å². The third kappa shape index (κ3) is 6.65. The third-order valence-electron chi connectivity index (χ3n) is 19.7. The molecule has 17 nitrogen and oxygen atoms in total. The molecule has 0 aromatic rings. The lowest BCUT2D eigenvalue weighted by Crippen LogP contribution is -2.73. The van der Waals surface area contributed by atoms with E-state index in [9.17, 15) is 51.1 Å². The molecule has 64 heavy (non-hydrogen) atoms. The Balaban J connectivity index is 0.976. The molecule has 0 amide bonds. The van der Waals surface area contributed by atoms with Crippen LogP contribution >= 0.6 is 0 Å². The standard InChI is InChI=1S/C47H76O17/c1-21-30(52)33(55)36(64-40-37(34(56)32(54)23(18-48)61-40)63-38-35(57)31(53)22(49)19-58-38)39(60-21)62-29-11-12-43(6)24(42(29,4)5)9-13-44(7)25(43)10-14-47-26-15-41(2,3)27(50)17-46(26,20-59-47)28(51)16-45(44,47)8/h10,14,21-40,48-57H,9,11-13,15-20H2,1-8H3/t21-,22-,23-,24+,25-,26-,27-,28-,29+,30+,31+,32-,33+,34+,35-,36-,37-,38+,39+,40+,43+,44-,45+,46+,47-/m1/s1. The van der Waals surface area contributed by atoms with Crippen molar-refractivity contribution in [2.24, 2.45) is 50.2 Å². The van der Waals surface area contributed by atoms with E-state index < -0.39 is 134 Å². The molecule has 8 fully saturated rings. The van der Waals surface area contributed by atoms with Crippen molar-refractivity contribution in [3.8, 4) is 0 Å². The highest BCUT2D eigenvalue weighted by Crippen LogP contribution is 2.79. The van der Waals surface area contributed by atoms with Gasteiger partial charge in [-0.05, 0) is 85.4 Å². The number of allylic oxidation sites excluding steroid dienone is 1. The summed E-state index contributed by atoms with van der Waals surface area (Å²) in [4.78, 5) is 0. The van der Waals surface area contributed by atoms with Gasteiger partial charge in [-0.1, -0.05) is 60.6 Å². The summed E-state index contributed by atoms with van der Waals surface area (Å²) < 4.78 is 43.8. The van der Waals surface area contributed by atoms with Crippen LogP contribution < -0.4 is 0 Å². The molecule has 0 radical (unpaired) electrons. The van der Waals surface area contributed by atoms with E-state index in [-0.39, 0.29) is 39.4 Å². The predicted molar refractivity (Wildman–Crippen MR) is 223 cm³/mol. The number of fused-ring (bicyclic) bond motifs is 4. The SMILES string of the molecule is C[C@H]1O[C@@H](O[C@H]2CC[C@]3(C)[C@H]4C=C[C@@]56OC[C@]7(C[C@@H](O)C(C)(C)C[C@H]75)[C@H](O)C[C@@]6(C)[C@]4(C)CC[C@H]3C2(C)C)[C@H](O[C@@H]2O[C@H](CO)[C@@H](O)[C@H](O)[C@H]2O[C@@H]2OC[C@@H](O)[C@H](O)[C@H]2O)[C@@H](O)[C@H]1O. The zero-order valence-corrected chi connectivity index (χ0v) is 38.6. The van der Waals surface area contributed by atoms with Gasteiger partial charge in [-0.15, -0.1) is 0 Å². The van der Waals surface area contributed by atoms with Crippen LogP contribution in [-0.2, 0) is 33.2 Å². The quantitative estimate of drug-likeness (QED) is 0.121. The van der Waals surface area contributed by atoms with Gasteiger partial charge in [-0.25, -0.2) is 0 Å². The topological polar surface area (TPSA) is 267 Å². The van der Waals surface area contributed by atoms with Crippen molar-refractivity contribution in [3.63, 3.8) is 0 Å². The van der Waals surface area contributed by atoms with Crippen LogP contribution in [0, 0.1) is 50.2 Å². The molecule has 4 aliphatic heterocycles. The minimum atomic E-state index is -1.79. The molecule has 9 aliphatic rings. The predicted octanol–water partition coefficient (Wildman–Crippen LogP) is 0.239. The van der Waals surface area contributed by atoms with E-state index >= 15 is 0 Å². The van der Waals surface area contributed by atoms with Crippen LogP contribution in [0.2, 0.25) is 0 Å². The van der Waals surface area contributed by atoms with Crippen molar-refractivity contribution in [2.45, 2.75) is 210 Å². The summed E-state index contributed by atoms with van der Waals surface area (Å²) in [7, 11) is 0. The molecule has 4 saturated carbocycles. The number of ether oxygens (including phenoxy) is 7. The highest BCUT2D eigenvalue weighted by molar-refractivity contribution is 5.36. The van der Waals surface area contributed by atoms with Crippen LogP contribution in [0.4, 0.5) is 0 Å². The Morgan fingerprint density at radius 2 is 1.31 bits per heavy atom. The number of aliphatic hydroxyl groups is 10. The van der Waals surface area contributed by atoms with Gasteiger partial charge in [0, 0.05) is 16.7 Å². The maximum Gasteiger partial charge on any atom is 0.187 e. The summed E-state index contributed by atoms with van der Waals surface area (Å²) in [5, 5.41) is 109. The molecular formula is C47H76O17. The summed E-state index contributed by atoms with van der Waals surface area (Å²) in [6.07, 6.45) is -12.8. The Morgan fingerprint density at radius 3 is 2.00 bits per heavy atom. The lowest BCUT2D eigenvalue weighted by Gasteiger charge is -2.73. The molecule has 2 bridgehead atoms. The fraction of sp³-hybridized carbons (Fsp3) is 0.957. The number of hydrogen-bond donors (Lipinski definition) is 10. The highest BCUT2D eigenvalue weighted by Gasteiger charge is 2.79. The van der Waals surface area contributed by atoms with E-state index in [0.717, 1.165) is 25.7 Å². The zero-order valence-electron chi connectivity index (χ0n) is 38.6. The molecule has 4 heterocycles. The van der Waals surface area contributed by atoms with Gasteiger partial charge in [0.15, 0.2) is 18.9 Å². The van der Waals surface area contributed by atoms with E-state index in [1.54, 1.807) is 6.92 Å². The summed E-state index contributed by atoms with van der Waals surface area (Å²) in [5.41, 5.74) is -2.61. The Labute approximate surface area is 376 Å². The van der Waals surface area contributed by atoms with E-state index in [2.05, 4.69) is 60.6 Å². The molecule has 10 N–H and O–H groups in total. The summed E-state index contributed by atoms with van der Waals surface area (Å²) in [5.74, 6) is 0.387. The van der Waals surface area contributed by atoms with Crippen molar-refractivity contribution >= 4 is 0 Å². The second kappa shape index (κ2) is 16.1. The van der Waals surface area contributed by atoms with Crippen molar-refractivity contribution < 1.29 is 84.2 Å². The Morgan fingerprint density at radius 1 is 0.656 bits per heavy atom. The van der Waals surface area contributed by atoms with Crippen LogP contribution in [0.5, 0.6) is 0 Å². The van der Waals surface area contributed by atoms with Crippen molar-refractivity contribution in [2.75, 3.05) is 19.8 Å². The summed E-state index contributed by atoms with van der Waals surface area (Å²) in [6.45, 7) is 16.8. The molecule has 0 aromatic carbocycles. The van der Waals surface area contributed by atoms with Gasteiger partial charge < -0.3 is 84.2 Å². The molecule has 0 unspecified atom stereocenters. The second-order valence-corrected chi connectivity index (χ2v) is 23.5. The van der Waals surface area contributed by atoms with Crippen molar-refractivity contribution in [3.05, 3.63) is 12.2 Å². The number of rotatable bonds is 7. The lowest BCUT2D eigenvalue weighted by atomic mass is 9.32. The molecule has 1 spiro atoms. The monoisotopic (exact) mass is 913 g/mol. The first kappa shape index (κ1) is 48.1. The second-order valence-electron chi connectivity index (χ2n) is 23.5. The summed E-state index contributed by atoms with van der Waals surface area (Å²) in [6, 6.07) is 0. The summed E-state index contributed by atoms with van der Waals surface area (Å²) >= 11 is 0. The maximum absolute atomic E-state index is 12.2. The molecule has 9 rings (SSSR count). The molecule has 366 valence electrons. The first-order valence-electron chi connectivity index (χ1n) is 23.8. The van der Waals surface area contributed by atoms with Gasteiger partial charge in [0.2, 0.25) is 0 Å². The van der Waals surface area contributed by atoms with Crippen LogP contribution in [0.25, 0.3) is 0 Å². The highest BCUT2D eigenvalue weighted by atomic mass is 16.8. The molecule has 17 heteroatoms. The van der Waals surface area contributed by atoms with Gasteiger partial charge in [-0.2, -0.15) is 0 Å². The molecule has 5 aliphatic carbocycles. The molecular weight excluding hydrogens is 837 g/mol. The maximum atomic E-state index is 12.2. The van der Waals surface area contributed by atoms with E-state index in [4.69, 9.17) is 33.2 Å². The average Bonchev–Trinajstić information content (AvgIpc) is 3.49. The fourth-order valence-electron chi connectivity index (χ4n) is 15.5. The van der Waals surface area contributed by atoms with Crippen LogP contribution in [0.3, 0.4) is 0 Å². The van der Waals surface area contributed by atoms with Gasteiger partial charge in [0.1, 0.15) is 61.0 Å². The van der Waals surface area contributed by atoms with E-state index in [0.29, 0.717) is 25.9 Å². The fourth-order valence-corrected chi connectivity index (χ4v) is 15.5. The Hall–Kier alpha value is -0.940. The normalized spacial score (nSPS) is 58.7. The van der Waals surface area contributed by atoms with Gasteiger partial charge in [-0.3, -0.25) is 0 Å². The van der Waals surface area contributed by atoms with E-state index in [1.165, 1.54) is 0 Å². The molecule has 0 aromatic heterocycles. The first-order chi connectivity index (χ1) is 29.8. The molecule has 4 saturated heterocycles. The minimum absolute atomic E-state index is 0.0759. The minimum Gasteiger partial charge on any atom is -0.394 e. The third-order valence-corrected chi connectivity index (χ3v) is 19.7. The largest absolute Gasteiger partial charge is 0.394 e. The Kier molecular flexibility index (Phi) is 12.1. The number of aliphatic hydroxyl groups excluding tert-OH is 10. The van der Waals surface area contributed by atoms with Gasteiger partial charge in [0.25, 0.3) is 0 Å². The van der Waals surface area contributed by atoms with E-state index in [1.807, 2.05) is 0 Å². The van der Waals surface area contributed by atoms with Crippen molar-refractivity contribution in [1.82, 2.24) is 0 Å². The Bertz CT molecular complexity index is 1770. The van der Waals surface area contributed by atoms with Crippen molar-refractivity contribution in [1.29, 1.82) is 0 Å². The lowest BCUT2D eigenvalue weighted by molar-refractivity contribution is -0.393.